The first-order valence-electron chi connectivity index (χ1n) is 4.02. The molecule has 0 amide bonds. The number of aryl methyl sites for hydroxylation is 1. The van der Waals surface area contributed by atoms with Crippen molar-refractivity contribution in [2.45, 2.75) is 0 Å². The molecule has 0 spiro atoms. The standard InChI is InChI=1S/C10H9ClN2/c1-13-7-9(10(11)12-13)8-5-3-2-4-6-8/h2-7H,1H3. The van der Waals surface area contributed by atoms with E-state index in [0.717, 1.165) is 11.1 Å². The van der Waals surface area contributed by atoms with Crippen LogP contribution in [0.4, 0.5) is 0 Å². The highest BCUT2D eigenvalue weighted by molar-refractivity contribution is 6.32. The Kier molecular flexibility index (Phi) is 2.07. The average molecular weight is 193 g/mol. The molecule has 0 aliphatic rings. The summed E-state index contributed by atoms with van der Waals surface area (Å²) in [6.45, 7) is 0. The number of aromatic nitrogens is 2. The zero-order valence-electron chi connectivity index (χ0n) is 7.24. The second-order valence-corrected chi connectivity index (χ2v) is 3.23. The van der Waals surface area contributed by atoms with Crippen LogP contribution in [0.15, 0.2) is 36.5 Å². The molecule has 0 saturated heterocycles. The minimum Gasteiger partial charge on any atom is -0.274 e. The van der Waals surface area contributed by atoms with Gasteiger partial charge in [-0.2, -0.15) is 5.10 Å². The summed E-state index contributed by atoms with van der Waals surface area (Å²) in [7, 11) is 1.86. The fourth-order valence-corrected chi connectivity index (χ4v) is 1.55. The van der Waals surface area contributed by atoms with Crippen molar-refractivity contribution in [2.24, 2.45) is 7.05 Å². The van der Waals surface area contributed by atoms with Gasteiger partial charge in [0.25, 0.3) is 0 Å². The maximum absolute atomic E-state index is 5.95. The van der Waals surface area contributed by atoms with E-state index in [1.165, 1.54) is 0 Å². The van der Waals surface area contributed by atoms with Crippen molar-refractivity contribution in [3.63, 3.8) is 0 Å². The van der Waals surface area contributed by atoms with Crippen molar-refractivity contribution >= 4 is 11.6 Å². The maximum atomic E-state index is 5.95. The Hall–Kier alpha value is -1.28. The molecule has 1 aromatic carbocycles. The van der Waals surface area contributed by atoms with Crippen LogP contribution in [0.2, 0.25) is 5.15 Å². The molecule has 0 fully saturated rings. The van der Waals surface area contributed by atoms with E-state index >= 15 is 0 Å². The van der Waals surface area contributed by atoms with Gasteiger partial charge in [0, 0.05) is 18.8 Å². The molecule has 0 unspecified atom stereocenters. The minimum absolute atomic E-state index is 0.550. The van der Waals surface area contributed by atoms with Crippen LogP contribution in [-0.4, -0.2) is 9.78 Å². The molecule has 0 bridgehead atoms. The molecule has 0 aliphatic carbocycles. The Balaban J connectivity index is 2.53. The smallest absolute Gasteiger partial charge is 0.158 e. The maximum Gasteiger partial charge on any atom is 0.158 e. The molecule has 2 rings (SSSR count). The lowest BCUT2D eigenvalue weighted by atomic mass is 10.1. The Morgan fingerprint density at radius 1 is 1.23 bits per heavy atom. The minimum atomic E-state index is 0.550. The number of benzene rings is 1. The summed E-state index contributed by atoms with van der Waals surface area (Å²) in [5, 5.41) is 4.62. The summed E-state index contributed by atoms with van der Waals surface area (Å²) in [6.07, 6.45) is 1.91. The molecule has 66 valence electrons. The normalized spacial score (nSPS) is 10.3. The largest absolute Gasteiger partial charge is 0.274 e. The van der Waals surface area contributed by atoms with Crippen LogP contribution < -0.4 is 0 Å². The van der Waals surface area contributed by atoms with Gasteiger partial charge in [0.05, 0.1) is 0 Å². The summed E-state index contributed by atoms with van der Waals surface area (Å²) in [6, 6.07) is 9.98. The lowest BCUT2D eigenvalue weighted by Gasteiger charge is -1.95. The fourth-order valence-electron chi connectivity index (χ4n) is 1.27. The highest BCUT2D eigenvalue weighted by atomic mass is 35.5. The molecule has 0 aliphatic heterocycles. The van der Waals surface area contributed by atoms with Crippen molar-refractivity contribution in [3.05, 3.63) is 41.7 Å². The van der Waals surface area contributed by atoms with Crippen molar-refractivity contribution in [3.8, 4) is 11.1 Å². The van der Waals surface area contributed by atoms with Crippen LogP contribution in [0.1, 0.15) is 0 Å². The highest BCUT2D eigenvalue weighted by Gasteiger charge is 2.05. The van der Waals surface area contributed by atoms with E-state index in [2.05, 4.69) is 5.10 Å². The molecule has 3 heteroatoms. The van der Waals surface area contributed by atoms with Gasteiger partial charge in [0.1, 0.15) is 0 Å². The monoisotopic (exact) mass is 192 g/mol. The molecule has 1 aromatic heterocycles. The molecular weight excluding hydrogens is 184 g/mol. The van der Waals surface area contributed by atoms with Gasteiger partial charge in [-0.25, -0.2) is 0 Å². The summed E-state index contributed by atoms with van der Waals surface area (Å²) in [4.78, 5) is 0. The predicted octanol–water partition coefficient (Wildman–Crippen LogP) is 2.74. The zero-order valence-corrected chi connectivity index (χ0v) is 7.99. The molecular formula is C10H9ClN2. The third-order valence-corrected chi connectivity index (χ3v) is 2.15. The zero-order chi connectivity index (χ0) is 9.26. The van der Waals surface area contributed by atoms with Crippen molar-refractivity contribution in [1.29, 1.82) is 0 Å². The highest BCUT2D eigenvalue weighted by Crippen LogP contribution is 2.25. The van der Waals surface area contributed by atoms with Gasteiger partial charge in [-0.05, 0) is 5.56 Å². The Labute approximate surface area is 81.8 Å². The van der Waals surface area contributed by atoms with Crippen LogP contribution in [0.25, 0.3) is 11.1 Å². The van der Waals surface area contributed by atoms with Gasteiger partial charge in [-0.15, -0.1) is 0 Å². The van der Waals surface area contributed by atoms with Gasteiger partial charge in [-0.1, -0.05) is 41.9 Å². The second kappa shape index (κ2) is 3.23. The number of hydrogen-bond acceptors (Lipinski definition) is 1. The van der Waals surface area contributed by atoms with Gasteiger partial charge < -0.3 is 0 Å². The number of hydrogen-bond donors (Lipinski definition) is 0. The van der Waals surface area contributed by atoms with E-state index in [1.54, 1.807) is 4.68 Å². The van der Waals surface area contributed by atoms with Crippen molar-refractivity contribution < 1.29 is 0 Å². The van der Waals surface area contributed by atoms with Gasteiger partial charge >= 0.3 is 0 Å². The molecule has 0 radical (unpaired) electrons. The van der Waals surface area contributed by atoms with E-state index in [0.29, 0.717) is 5.15 Å². The summed E-state index contributed by atoms with van der Waals surface area (Å²) < 4.78 is 1.71. The third-order valence-electron chi connectivity index (χ3n) is 1.87. The van der Waals surface area contributed by atoms with Crippen LogP contribution in [0.5, 0.6) is 0 Å². The van der Waals surface area contributed by atoms with Crippen LogP contribution in [0, 0.1) is 0 Å². The first kappa shape index (κ1) is 8.32. The molecule has 0 atom stereocenters. The van der Waals surface area contributed by atoms with Crippen molar-refractivity contribution in [2.75, 3.05) is 0 Å². The van der Waals surface area contributed by atoms with Crippen LogP contribution >= 0.6 is 11.6 Å². The Morgan fingerprint density at radius 2 is 1.92 bits per heavy atom. The Bertz CT molecular complexity index is 406. The van der Waals surface area contributed by atoms with Crippen LogP contribution in [-0.2, 0) is 7.05 Å². The van der Waals surface area contributed by atoms with E-state index in [1.807, 2.05) is 43.6 Å². The van der Waals surface area contributed by atoms with E-state index < -0.39 is 0 Å². The second-order valence-electron chi connectivity index (χ2n) is 2.87. The fraction of sp³-hybridized carbons (Fsp3) is 0.100. The van der Waals surface area contributed by atoms with Gasteiger partial charge in [-0.3, -0.25) is 4.68 Å². The predicted molar refractivity (Wildman–Crippen MR) is 53.7 cm³/mol. The quantitative estimate of drug-likeness (QED) is 0.680. The average Bonchev–Trinajstić information content (AvgIpc) is 2.47. The topological polar surface area (TPSA) is 17.8 Å². The molecule has 2 aromatic rings. The summed E-state index contributed by atoms with van der Waals surface area (Å²) >= 11 is 5.95. The van der Waals surface area contributed by atoms with Gasteiger partial charge in [0.2, 0.25) is 0 Å². The van der Waals surface area contributed by atoms with E-state index in [-0.39, 0.29) is 0 Å². The molecule has 0 saturated carbocycles. The van der Waals surface area contributed by atoms with Crippen molar-refractivity contribution in [1.82, 2.24) is 9.78 Å². The lowest BCUT2D eigenvalue weighted by molar-refractivity contribution is 0.768. The molecule has 0 N–H and O–H groups in total. The first-order valence-corrected chi connectivity index (χ1v) is 4.40. The number of nitrogens with zero attached hydrogens (tertiary/aromatic N) is 2. The van der Waals surface area contributed by atoms with E-state index in [9.17, 15) is 0 Å². The number of rotatable bonds is 1. The van der Waals surface area contributed by atoms with E-state index in [4.69, 9.17) is 11.6 Å². The molecule has 2 nitrogen and oxygen atoms in total. The summed E-state index contributed by atoms with van der Waals surface area (Å²) in [5.41, 5.74) is 2.07. The lowest BCUT2D eigenvalue weighted by Crippen LogP contribution is -1.84. The molecule has 13 heavy (non-hydrogen) atoms. The first-order chi connectivity index (χ1) is 6.27. The Morgan fingerprint density at radius 3 is 2.46 bits per heavy atom. The summed E-state index contributed by atoms with van der Waals surface area (Å²) in [5.74, 6) is 0. The number of halogens is 1. The molecule has 1 heterocycles. The van der Waals surface area contributed by atoms with Crippen LogP contribution in [0.3, 0.4) is 0 Å². The SMILES string of the molecule is Cn1cc(-c2ccccc2)c(Cl)n1. The van der Waals surface area contributed by atoms with Gasteiger partial charge in [0.15, 0.2) is 5.15 Å². The third kappa shape index (κ3) is 1.58.